The number of aliphatic hydroxyl groups is 3. The summed E-state index contributed by atoms with van der Waals surface area (Å²) >= 11 is 0. The SMILES string of the molecule is COc1ccc(CN2C[C@H](O)[C@@H](O)[C@H](O)[C@H]2CO[Si](c2ccccc2)(c2ccccc2)C(C)(C)C)cc1. The molecule has 0 spiro atoms. The van der Waals surface area contributed by atoms with E-state index in [1.54, 1.807) is 7.11 Å². The van der Waals surface area contributed by atoms with Crippen LogP contribution in [0.5, 0.6) is 5.75 Å². The van der Waals surface area contributed by atoms with Crippen LogP contribution in [0.15, 0.2) is 84.9 Å². The lowest BCUT2D eigenvalue weighted by Gasteiger charge is -2.47. The van der Waals surface area contributed by atoms with Crippen LogP contribution in [-0.4, -0.2) is 73.2 Å². The fourth-order valence-electron chi connectivity index (χ4n) is 5.48. The molecule has 1 aliphatic heterocycles. The number of likely N-dealkylation sites (tertiary alicyclic amines) is 1. The molecule has 1 saturated heterocycles. The number of methoxy groups -OCH3 is 1. The average molecular weight is 522 g/mol. The van der Waals surface area contributed by atoms with Crippen LogP contribution in [0.25, 0.3) is 0 Å². The van der Waals surface area contributed by atoms with Gasteiger partial charge in [0, 0.05) is 13.1 Å². The largest absolute Gasteiger partial charge is 0.497 e. The third kappa shape index (κ3) is 5.67. The Bertz CT molecular complexity index is 1080. The molecule has 0 unspecified atom stereocenters. The lowest BCUT2D eigenvalue weighted by molar-refractivity contribution is -0.146. The number of β-amino-alcohol motifs (C(OH)–C–C–N with tert-alkyl or cyclic N) is 1. The van der Waals surface area contributed by atoms with E-state index in [4.69, 9.17) is 9.16 Å². The Hall–Kier alpha value is -2.52. The van der Waals surface area contributed by atoms with Gasteiger partial charge in [-0.25, -0.2) is 0 Å². The van der Waals surface area contributed by atoms with Crippen molar-refractivity contribution in [2.24, 2.45) is 0 Å². The number of aliphatic hydroxyl groups excluding tert-OH is 3. The second-order valence-corrected chi connectivity index (χ2v) is 15.2. The van der Waals surface area contributed by atoms with Gasteiger partial charge in [0.05, 0.1) is 25.9 Å². The summed E-state index contributed by atoms with van der Waals surface area (Å²) in [5, 5.41) is 34.3. The summed E-state index contributed by atoms with van der Waals surface area (Å²) < 4.78 is 12.4. The molecule has 0 bridgehead atoms. The first-order chi connectivity index (χ1) is 17.7. The molecular formula is C30H39NO5Si. The van der Waals surface area contributed by atoms with E-state index in [9.17, 15) is 15.3 Å². The van der Waals surface area contributed by atoms with Crippen LogP contribution in [-0.2, 0) is 11.0 Å². The van der Waals surface area contributed by atoms with Crippen LogP contribution in [0.3, 0.4) is 0 Å². The third-order valence-electron chi connectivity index (χ3n) is 7.46. The summed E-state index contributed by atoms with van der Waals surface area (Å²) in [5.74, 6) is 0.768. The van der Waals surface area contributed by atoms with E-state index in [-0.39, 0.29) is 18.2 Å². The molecule has 0 aromatic heterocycles. The van der Waals surface area contributed by atoms with Crippen molar-refractivity contribution in [3.8, 4) is 5.75 Å². The molecule has 0 amide bonds. The topological polar surface area (TPSA) is 82.4 Å². The molecule has 1 fully saturated rings. The number of ether oxygens (including phenoxy) is 1. The normalized spacial score (nSPS) is 23.1. The van der Waals surface area contributed by atoms with Crippen molar-refractivity contribution in [2.45, 2.75) is 56.7 Å². The zero-order valence-electron chi connectivity index (χ0n) is 22.1. The molecule has 0 saturated carbocycles. The Morgan fingerprint density at radius 2 is 1.35 bits per heavy atom. The van der Waals surface area contributed by atoms with Gasteiger partial charge in [-0.15, -0.1) is 0 Å². The maximum absolute atomic E-state index is 11.1. The number of hydrogen-bond acceptors (Lipinski definition) is 6. The summed E-state index contributed by atoms with van der Waals surface area (Å²) in [7, 11) is -1.20. The molecule has 4 atom stereocenters. The van der Waals surface area contributed by atoms with E-state index in [0.29, 0.717) is 6.54 Å². The molecule has 6 nitrogen and oxygen atoms in total. The van der Waals surface area contributed by atoms with Crippen molar-refractivity contribution in [1.82, 2.24) is 4.90 Å². The van der Waals surface area contributed by atoms with Crippen molar-refractivity contribution in [3.63, 3.8) is 0 Å². The zero-order valence-corrected chi connectivity index (χ0v) is 23.1. The highest BCUT2D eigenvalue weighted by Gasteiger charge is 2.51. The molecule has 198 valence electrons. The summed E-state index contributed by atoms with van der Waals surface area (Å²) in [4.78, 5) is 2.02. The van der Waals surface area contributed by atoms with Gasteiger partial charge in [0.1, 0.15) is 18.0 Å². The number of hydrogen-bond donors (Lipinski definition) is 3. The molecule has 7 heteroatoms. The van der Waals surface area contributed by atoms with Crippen LogP contribution in [0.1, 0.15) is 26.3 Å². The smallest absolute Gasteiger partial charge is 0.261 e. The highest BCUT2D eigenvalue weighted by molar-refractivity contribution is 6.99. The van der Waals surface area contributed by atoms with E-state index in [0.717, 1.165) is 21.7 Å². The Morgan fingerprint density at radius 1 is 0.811 bits per heavy atom. The van der Waals surface area contributed by atoms with E-state index in [1.807, 2.05) is 65.6 Å². The number of nitrogens with zero attached hydrogens (tertiary/aromatic N) is 1. The minimum absolute atomic E-state index is 0.214. The summed E-state index contributed by atoms with van der Waals surface area (Å²) in [5.41, 5.74) is 1.02. The fourth-order valence-corrected chi connectivity index (χ4v) is 10.1. The molecular weight excluding hydrogens is 482 g/mol. The average Bonchev–Trinajstić information content (AvgIpc) is 2.90. The van der Waals surface area contributed by atoms with Crippen molar-refractivity contribution in [2.75, 3.05) is 20.3 Å². The second-order valence-electron chi connectivity index (χ2n) is 10.9. The molecule has 37 heavy (non-hydrogen) atoms. The minimum atomic E-state index is -2.83. The van der Waals surface area contributed by atoms with Gasteiger partial charge in [0.2, 0.25) is 0 Å². The van der Waals surface area contributed by atoms with Gasteiger partial charge < -0.3 is 24.5 Å². The maximum atomic E-state index is 11.1. The lowest BCUT2D eigenvalue weighted by Crippen LogP contribution is -2.69. The second kappa shape index (κ2) is 11.5. The molecule has 0 aliphatic carbocycles. The molecule has 0 radical (unpaired) electrons. The van der Waals surface area contributed by atoms with Crippen molar-refractivity contribution >= 4 is 18.7 Å². The Morgan fingerprint density at radius 3 is 1.84 bits per heavy atom. The first-order valence-electron chi connectivity index (χ1n) is 12.8. The third-order valence-corrected chi connectivity index (χ3v) is 12.5. The Kier molecular flexibility index (Phi) is 8.53. The van der Waals surface area contributed by atoms with Gasteiger partial charge in [0.15, 0.2) is 0 Å². The van der Waals surface area contributed by atoms with Gasteiger partial charge >= 0.3 is 0 Å². The minimum Gasteiger partial charge on any atom is -0.497 e. The zero-order chi connectivity index (χ0) is 26.6. The van der Waals surface area contributed by atoms with Gasteiger partial charge in [-0.3, -0.25) is 4.90 Å². The molecule has 4 rings (SSSR count). The lowest BCUT2D eigenvalue weighted by atomic mass is 9.94. The van der Waals surface area contributed by atoms with Crippen LogP contribution >= 0.6 is 0 Å². The van der Waals surface area contributed by atoms with Crippen LogP contribution < -0.4 is 15.1 Å². The predicted octanol–water partition coefficient (Wildman–Crippen LogP) is 2.54. The van der Waals surface area contributed by atoms with Gasteiger partial charge in [-0.05, 0) is 33.1 Å². The molecule has 3 N–H and O–H groups in total. The van der Waals surface area contributed by atoms with E-state index < -0.39 is 32.7 Å². The highest BCUT2D eigenvalue weighted by atomic mass is 28.4. The van der Waals surface area contributed by atoms with E-state index >= 15 is 0 Å². The van der Waals surface area contributed by atoms with Crippen LogP contribution in [0.2, 0.25) is 5.04 Å². The molecule has 3 aromatic carbocycles. The number of rotatable bonds is 8. The number of benzene rings is 3. The summed E-state index contributed by atoms with van der Waals surface area (Å²) in [6, 6.07) is 28.0. The van der Waals surface area contributed by atoms with Crippen molar-refractivity contribution in [3.05, 3.63) is 90.5 Å². The van der Waals surface area contributed by atoms with Gasteiger partial charge in [-0.1, -0.05) is 93.6 Å². The fraction of sp³-hybridized carbons (Fsp3) is 0.400. The van der Waals surface area contributed by atoms with Crippen LogP contribution in [0.4, 0.5) is 0 Å². The number of piperidine rings is 1. The first-order valence-corrected chi connectivity index (χ1v) is 14.7. The van der Waals surface area contributed by atoms with Crippen LogP contribution in [0, 0.1) is 0 Å². The van der Waals surface area contributed by atoms with Gasteiger partial charge in [-0.2, -0.15) is 0 Å². The highest BCUT2D eigenvalue weighted by Crippen LogP contribution is 2.37. The quantitative estimate of drug-likeness (QED) is 0.395. The van der Waals surface area contributed by atoms with Crippen molar-refractivity contribution < 1.29 is 24.5 Å². The predicted molar refractivity (Wildman–Crippen MR) is 149 cm³/mol. The molecule has 1 heterocycles. The van der Waals surface area contributed by atoms with E-state index in [2.05, 4.69) is 45.0 Å². The Balaban J connectivity index is 1.70. The van der Waals surface area contributed by atoms with E-state index in [1.165, 1.54) is 0 Å². The summed E-state index contributed by atoms with van der Waals surface area (Å²) in [6.45, 7) is 7.59. The Labute approximate surface area is 221 Å². The van der Waals surface area contributed by atoms with Gasteiger partial charge in [0.25, 0.3) is 8.32 Å². The monoisotopic (exact) mass is 521 g/mol. The standard InChI is InChI=1S/C30H39NO5Si/c1-30(2,3)37(24-11-7-5-8-12-24,25-13-9-6-10-14-25)36-21-26-28(33)29(34)27(32)20-31(26)19-22-15-17-23(35-4)18-16-22/h5-18,26-29,32-34H,19-21H2,1-4H3/t26-,27+,28-,29-/m1/s1. The van der Waals surface area contributed by atoms with Crippen molar-refractivity contribution in [1.29, 1.82) is 0 Å². The molecule has 1 aliphatic rings. The summed E-state index contributed by atoms with van der Waals surface area (Å²) in [6.07, 6.45) is -3.43. The maximum Gasteiger partial charge on any atom is 0.261 e. The first kappa shape index (κ1) is 27.5. The molecule has 3 aromatic rings.